The quantitative estimate of drug-likeness (QED) is 0.698. The average molecular weight is 279 g/mol. The van der Waals surface area contributed by atoms with Gasteiger partial charge < -0.3 is 10.1 Å². The molecule has 0 aromatic heterocycles. The Morgan fingerprint density at radius 2 is 1.72 bits per heavy atom. The highest BCUT2D eigenvalue weighted by atomic mass is 32.2. The van der Waals surface area contributed by atoms with Gasteiger partial charge >= 0.3 is 5.97 Å². The van der Waals surface area contributed by atoms with Crippen molar-refractivity contribution in [3.63, 3.8) is 0 Å². The topological polar surface area (TPSA) is 89.5 Å². The smallest absolute Gasteiger partial charge is 0.328 e. The monoisotopic (exact) mass is 279 g/mol. The number of carbonyl (C=O) groups excluding carboxylic acids is 2. The molecule has 0 radical (unpaired) electrons. The van der Waals surface area contributed by atoms with Gasteiger partial charge in [-0.15, -0.1) is 0 Å². The molecule has 2 atom stereocenters. The predicted molar refractivity (Wildman–Crippen MR) is 67.7 cm³/mol. The van der Waals surface area contributed by atoms with Crippen LogP contribution in [0, 0.1) is 5.92 Å². The standard InChI is InChI=1S/C11H21NO5S/c1-7(2)6-9(11(14)17-4)12-10(13)8(3)18(5,15)16/h7-9H,6H2,1-5H3,(H,12,13). The minimum Gasteiger partial charge on any atom is -0.467 e. The fraction of sp³-hybridized carbons (Fsp3) is 0.818. The maximum absolute atomic E-state index is 11.7. The molecule has 0 aliphatic carbocycles. The Labute approximate surface area is 108 Å². The predicted octanol–water partition coefficient (Wildman–Crippen LogP) is 0.123. The van der Waals surface area contributed by atoms with E-state index in [4.69, 9.17) is 0 Å². The third-order valence-electron chi connectivity index (χ3n) is 2.52. The molecular weight excluding hydrogens is 258 g/mol. The summed E-state index contributed by atoms with van der Waals surface area (Å²) in [5.74, 6) is -1.09. The van der Waals surface area contributed by atoms with E-state index in [1.165, 1.54) is 14.0 Å². The van der Waals surface area contributed by atoms with E-state index < -0.39 is 33.0 Å². The van der Waals surface area contributed by atoms with Crippen LogP contribution in [0.4, 0.5) is 0 Å². The number of hydrogen-bond acceptors (Lipinski definition) is 5. The summed E-state index contributed by atoms with van der Waals surface area (Å²) >= 11 is 0. The van der Waals surface area contributed by atoms with Crippen molar-refractivity contribution in [3.8, 4) is 0 Å². The van der Waals surface area contributed by atoms with Crippen LogP contribution in [0.5, 0.6) is 0 Å². The summed E-state index contributed by atoms with van der Waals surface area (Å²) in [4.78, 5) is 23.2. The Morgan fingerprint density at radius 3 is 2.06 bits per heavy atom. The minimum atomic E-state index is -3.47. The molecular formula is C11H21NO5S. The summed E-state index contributed by atoms with van der Waals surface area (Å²) in [6, 6.07) is -0.813. The Balaban J connectivity index is 4.78. The second kappa shape index (κ2) is 6.72. The molecule has 18 heavy (non-hydrogen) atoms. The molecule has 6 nitrogen and oxygen atoms in total. The van der Waals surface area contributed by atoms with E-state index in [1.807, 2.05) is 13.8 Å². The van der Waals surface area contributed by atoms with Gasteiger partial charge in [0.15, 0.2) is 9.84 Å². The zero-order valence-corrected chi connectivity index (χ0v) is 12.2. The lowest BCUT2D eigenvalue weighted by Crippen LogP contribution is -2.47. The van der Waals surface area contributed by atoms with Gasteiger partial charge in [-0.25, -0.2) is 13.2 Å². The zero-order chi connectivity index (χ0) is 14.5. The van der Waals surface area contributed by atoms with Gasteiger partial charge in [0.05, 0.1) is 7.11 Å². The Hall–Kier alpha value is -1.11. The van der Waals surface area contributed by atoms with E-state index in [1.54, 1.807) is 0 Å². The Kier molecular flexibility index (Phi) is 6.31. The molecule has 0 aromatic carbocycles. The Bertz CT molecular complexity index is 402. The summed E-state index contributed by atoms with van der Waals surface area (Å²) in [6.07, 6.45) is 1.38. The average Bonchev–Trinajstić information content (AvgIpc) is 2.23. The van der Waals surface area contributed by atoms with Crippen LogP contribution in [-0.4, -0.2) is 45.0 Å². The highest BCUT2D eigenvalue weighted by Crippen LogP contribution is 2.07. The fourth-order valence-corrected chi connectivity index (χ4v) is 1.77. The van der Waals surface area contributed by atoms with Crippen molar-refractivity contribution in [2.24, 2.45) is 5.92 Å². The van der Waals surface area contributed by atoms with Crippen molar-refractivity contribution in [3.05, 3.63) is 0 Å². The maximum Gasteiger partial charge on any atom is 0.328 e. The van der Waals surface area contributed by atoms with Gasteiger partial charge in [0.1, 0.15) is 11.3 Å². The van der Waals surface area contributed by atoms with Crippen molar-refractivity contribution >= 4 is 21.7 Å². The number of methoxy groups -OCH3 is 1. The second-order valence-corrected chi connectivity index (χ2v) is 7.05. The van der Waals surface area contributed by atoms with E-state index in [-0.39, 0.29) is 5.92 Å². The molecule has 0 fully saturated rings. The van der Waals surface area contributed by atoms with Crippen LogP contribution >= 0.6 is 0 Å². The number of esters is 1. The molecule has 7 heteroatoms. The van der Waals surface area contributed by atoms with Crippen molar-refractivity contribution in [2.75, 3.05) is 13.4 Å². The first-order valence-corrected chi connectivity index (χ1v) is 7.62. The van der Waals surface area contributed by atoms with Gasteiger partial charge in [0.25, 0.3) is 0 Å². The van der Waals surface area contributed by atoms with Gasteiger partial charge in [-0.2, -0.15) is 0 Å². The fourth-order valence-electron chi connectivity index (χ4n) is 1.31. The normalized spacial score (nSPS) is 15.0. The van der Waals surface area contributed by atoms with Crippen molar-refractivity contribution in [1.29, 1.82) is 0 Å². The van der Waals surface area contributed by atoms with Crippen LogP contribution < -0.4 is 5.32 Å². The molecule has 0 rings (SSSR count). The third-order valence-corrected chi connectivity index (χ3v) is 4.02. The van der Waals surface area contributed by atoms with Gasteiger partial charge in [-0.05, 0) is 19.3 Å². The SMILES string of the molecule is COC(=O)C(CC(C)C)NC(=O)C(C)S(C)(=O)=O. The molecule has 0 bridgehead atoms. The second-order valence-electron chi connectivity index (χ2n) is 4.69. The molecule has 0 spiro atoms. The van der Waals surface area contributed by atoms with Crippen LogP contribution in [0.1, 0.15) is 27.2 Å². The first-order chi connectivity index (χ1) is 8.09. The van der Waals surface area contributed by atoms with Crippen LogP contribution in [0.15, 0.2) is 0 Å². The maximum atomic E-state index is 11.7. The number of amides is 1. The summed E-state index contributed by atoms with van der Waals surface area (Å²) in [7, 11) is -2.25. The molecule has 0 aliphatic heterocycles. The van der Waals surface area contributed by atoms with E-state index in [2.05, 4.69) is 10.1 Å². The zero-order valence-electron chi connectivity index (χ0n) is 11.4. The van der Waals surface area contributed by atoms with Crippen LogP contribution in [-0.2, 0) is 24.2 Å². The highest BCUT2D eigenvalue weighted by molar-refractivity contribution is 7.92. The molecule has 106 valence electrons. The Morgan fingerprint density at radius 1 is 1.22 bits per heavy atom. The largest absolute Gasteiger partial charge is 0.467 e. The van der Waals surface area contributed by atoms with Crippen molar-refractivity contribution in [2.45, 2.75) is 38.5 Å². The highest BCUT2D eigenvalue weighted by Gasteiger charge is 2.29. The molecule has 0 heterocycles. The van der Waals surface area contributed by atoms with E-state index >= 15 is 0 Å². The lowest BCUT2D eigenvalue weighted by atomic mass is 10.0. The lowest BCUT2D eigenvalue weighted by molar-refractivity contribution is -0.145. The van der Waals surface area contributed by atoms with E-state index in [9.17, 15) is 18.0 Å². The summed E-state index contributed by atoms with van der Waals surface area (Å²) in [5.41, 5.74) is 0. The summed E-state index contributed by atoms with van der Waals surface area (Å²) < 4.78 is 27.1. The number of ether oxygens (including phenoxy) is 1. The van der Waals surface area contributed by atoms with Crippen LogP contribution in [0.3, 0.4) is 0 Å². The van der Waals surface area contributed by atoms with Crippen LogP contribution in [0.2, 0.25) is 0 Å². The molecule has 0 aliphatic rings. The van der Waals surface area contributed by atoms with Crippen LogP contribution in [0.25, 0.3) is 0 Å². The van der Waals surface area contributed by atoms with Gasteiger partial charge in [-0.3, -0.25) is 4.79 Å². The first-order valence-electron chi connectivity index (χ1n) is 5.66. The van der Waals surface area contributed by atoms with Gasteiger partial charge in [0, 0.05) is 6.26 Å². The molecule has 1 amide bonds. The number of hydrogen-bond donors (Lipinski definition) is 1. The van der Waals surface area contributed by atoms with Gasteiger partial charge in [0.2, 0.25) is 5.91 Å². The van der Waals surface area contributed by atoms with E-state index in [0.29, 0.717) is 6.42 Å². The summed E-state index contributed by atoms with van der Waals surface area (Å²) in [6.45, 7) is 5.07. The lowest BCUT2D eigenvalue weighted by Gasteiger charge is -2.20. The minimum absolute atomic E-state index is 0.169. The number of nitrogens with one attached hydrogen (secondary N) is 1. The molecule has 2 unspecified atom stereocenters. The summed E-state index contributed by atoms with van der Waals surface area (Å²) in [5, 5.41) is 1.23. The number of rotatable bonds is 6. The number of carbonyl (C=O) groups is 2. The van der Waals surface area contributed by atoms with Crippen molar-refractivity contribution in [1.82, 2.24) is 5.32 Å². The molecule has 0 saturated heterocycles. The molecule has 0 saturated carbocycles. The third kappa shape index (κ3) is 5.48. The first kappa shape index (κ1) is 16.9. The van der Waals surface area contributed by atoms with Gasteiger partial charge in [-0.1, -0.05) is 13.8 Å². The molecule has 1 N–H and O–H groups in total. The molecule has 0 aromatic rings. The van der Waals surface area contributed by atoms with E-state index in [0.717, 1.165) is 6.26 Å². The number of sulfone groups is 1. The van der Waals surface area contributed by atoms with Crippen molar-refractivity contribution < 1.29 is 22.7 Å².